The molecule has 0 nitrogen and oxygen atoms in total. The monoisotopic (exact) mass is 192 g/mol. The highest BCUT2D eigenvalue weighted by atomic mass is 33.1. The number of benzene rings is 2. The highest BCUT2D eigenvalue weighted by Crippen LogP contribution is 2.25. The summed E-state index contributed by atoms with van der Waals surface area (Å²) in [6.07, 6.45) is 0. The lowest BCUT2D eigenvalue weighted by atomic mass is 10.1. The van der Waals surface area contributed by atoms with Crippen LogP contribution in [-0.4, -0.2) is 0 Å². The Morgan fingerprint density at radius 1 is 0.917 bits per heavy atom. The van der Waals surface area contributed by atoms with E-state index in [4.69, 9.17) is 0 Å². The molecule has 0 saturated heterocycles. The van der Waals surface area contributed by atoms with E-state index in [0.717, 1.165) is 0 Å². The van der Waals surface area contributed by atoms with E-state index in [-0.39, 0.29) is 0 Å². The third kappa shape index (κ3) is 1.45. The standard InChI is InChI=1S/C10H8S2/c11-12-10-6-5-8-3-1-2-4-9(8)7-10/h1-7,11H. The van der Waals surface area contributed by atoms with E-state index < -0.39 is 0 Å². The Labute approximate surface area is 80.8 Å². The lowest BCUT2D eigenvalue weighted by Crippen LogP contribution is -1.71. The molecule has 0 aliphatic heterocycles. The van der Waals surface area contributed by atoms with Crippen LogP contribution in [-0.2, 0) is 0 Å². The van der Waals surface area contributed by atoms with Crippen molar-refractivity contribution in [2.75, 3.05) is 0 Å². The van der Waals surface area contributed by atoms with Crippen LogP contribution in [0.25, 0.3) is 10.8 Å². The summed E-state index contributed by atoms with van der Waals surface area (Å²) in [4.78, 5) is 1.19. The molecule has 0 fully saturated rings. The summed E-state index contributed by atoms with van der Waals surface area (Å²) in [7, 11) is 1.48. The van der Waals surface area contributed by atoms with E-state index in [9.17, 15) is 0 Å². The van der Waals surface area contributed by atoms with Gasteiger partial charge in [0.2, 0.25) is 0 Å². The largest absolute Gasteiger partial charge is 0.106 e. The molecule has 0 N–H and O–H groups in total. The zero-order chi connectivity index (χ0) is 8.39. The third-order valence-corrected chi connectivity index (χ3v) is 2.92. The van der Waals surface area contributed by atoms with Crippen molar-refractivity contribution >= 4 is 33.2 Å². The number of rotatable bonds is 1. The Kier molecular flexibility index (Phi) is 2.28. The van der Waals surface area contributed by atoms with Gasteiger partial charge < -0.3 is 0 Å². The van der Waals surface area contributed by atoms with Crippen molar-refractivity contribution in [2.24, 2.45) is 0 Å². The Morgan fingerprint density at radius 3 is 2.42 bits per heavy atom. The Hall–Kier alpha value is -0.600. The summed E-state index contributed by atoms with van der Waals surface area (Å²) in [5.74, 6) is 0. The molecule has 2 heteroatoms. The lowest BCUT2D eigenvalue weighted by molar-refractivity contribution is 1.52. The molecular formula is C10H8S2. The van der Waals surface area contributed by atoms with Crippen molar-refractivity contribution in [3.63, 3.8) is 0 Å². The van der Waals surface area contributed by atoms with Crippen LogP contribution in [0.5, 0.6) is 0 Å². The summed E-state index contributed by atoms with van der Waals surface area (Å²) in [6, 6.07) is 14.7. The van der Waals surface area contributed by atoms with E-state index >= 15 is 0 Å². The first-order valence-electron chi connectivity index (χ1n) is 3.70. The van der Waals surface area contributed by atoms with E-state index in [1.165, 1.54) is 26.5 Å². The minimum absolute atomic E-state index is 1.19. The molecule has 2 aromatic carbocycles. The van der Waals surface area contributed by atoms with Crippen molar-refractivity contribution in [3.8, 4) is 0 Å². The molecule has 0 bridgehead atoms. The van der Waals surface area contributed by atoms with Crippen LogP contribution in [0, 0.1) is 0 Å². The first kappa shape index (κ1) is 8.02. The maximum atomic E-state index is 4.15. The van der Waals surface area contributed by atoms with Crippen molar-refractivity contribution in [1.29, 1.82) is 0 Å². The van der Waals surface area contributed by atoms with Gasteiger partial charge in [-0.3, -0.25) is 0 Å². The molecule has 0 aliphatic rings. The molecule has 0 saturated carbocycles. The van der Waals surface area contributed by atoms with Crippen molar-refractivity contribution < 1.29 is 0 Å². The Balaban J connectivity index is 2.67. The van der Waals surface area contributed by atoms with Crippen LogP contribution in [0.1, 0.15) is 0 Å². The Bertz CT molecular complexity index is 396. The lowest BCUT2D eigenvalue weighted by Gasteiger charge is -1.98. The van der Waals surface area contributed by atoms with Crippen LogP contribution in [0.4, 0.5) is 0 Å². The van der Waals surface area contributed by atoms with Crippen LogP contribution in [0.3, 0.4) is 0 Å². The van der Waals surface area contributed by atoms with Gasteiger partial charge in [0.05, 0.1) is 0 Å². The van der Waals surface area contributed by atoms with E-state index in [2.05, 4.69) is 54.1 Å². The highest BCUT2D eigenvalue weighted by Gasteiger charge is 1.93. The van der Waals surface area contributed by atoms with Gasteiger partial charge in [0.25, 0.3) is 0 Å². The first-order chi connectivity index (χ1) is 5.90. The van der Waals surface area contributed by atoms with Crippen molar-refractivity contribution in [2.45, 2.75) is 4.90 Å². The molecule has 12 heavy (non-hydrogen) atoms. The second kappa shape index (κ2) is 3.42. The predicted octanol–water partition coefficient (Wildman–Crippen LogP) is 3.78. The molecule has 0 aromatic heterocycles. The van der Waals surface area contributed by atoms with Crippen LogP contribution < -0.4 is 0 Å². The fourth-order valence-electron chi connectivity index (χ4n) is 1.22. The predicted molar refractivity (Wildman–Crippen MR) is 58.8 cm³/mol. The van der Waals surface area contributed by atoms with Crippen LogP contribution in [0.15, 0.2) is 47.4 Å². The van der Waals surface area contributed by atoms with E-state index in [1.807, 2.05) is 0 Å². The number of fused-ring (bicyclic) bond motifs is 1. The van der Waals surface area contributed by atoms with Gasteiger partial charge in [-0.1, -0.05) is 41.1 Å². The summed E-state index contributed by atoms with van der Waals surface area (Å²) in [5.41, 5.74) is 0. The second-order valence-electron chi connectivity index (χ2n) is 2.60. The van der Waals surface area contributed by atoms with E-state index in [1.54, 1.807) is 0 Å². The molecule has 0 amide bonds. The van der Waals surface area contributed by atoms with Crippen LogP contribution in [0.2, 0.25) is 0 Å². The summed E-state index contributed by atoms with van der Waals surface area (Å²) in [6.45, 7) is 0. The molecule has 2 aromatic rings. The molecule has 0 radical (unpaired) electrons. The Morgan fingerprint density at radius 2 is 1.67 bits per heavy atom. The molecular weight excluding hydrogens is 184 g/mol. The smallest absolute Gasteiger partial charge is 0.0186 e. The topological polar surface area (TPSA) is 0 Å². The zero-order valence-electron chi connectivity index (χ0n) is 6.40. The molecule has 0 unspecified atom stereocenters. The zero-order valence-corrected chi connectivity index (χ0v) is 8.11. The minimum atomic E-state index is 1.19. The third-order valence-electron chi connectivity index (χ3n) is 1.83. The summed E-state index contributed by atoms with van der Waals surface area (Å²) in [5, 5.41) is 2.56. The molecule has 60 valence electrons. The summed E-state index contributed by atoms with van der Waals surface area (Å²) >= 11 is 4.15. The van der Waals surface area contributed by atoms with Gasteiger partial charge in [-0.25, -0.2) is 0 Å². The minimum Gasteiger partial charge on any atom is -0.106 e. The number of hydrogen-bond donors (Lipinski definition) is 1. The maximum absolute atomic E-state index is 4.15. The molecule has 0 aliphatic carbocycles. The average Bonchev–Trinajstić information content (AvgIpc) is 2.17. The van der Waals surface area contributed by atoms with Gasteiger partial charge in [0, 0.05) is 4.90 Å². The van der Waals surface area contributed by atoms with Gasteiger partial charge in [0.1, 0.15) is 0 Å². The summed E-state index contributed by atoms with van der Waals surface area (Å²) < 4.78 is 0. The SMILES string of the molecule is SSc1ccc2ccccc2c1. The van der Waals surface area contributed by atoms with Gasteiger partial charge in [-0.2, -0.15) is 0 Å². The highest BCUT2D eigenvalue weighted by molar-refractivity contribution is 8.68. The van der Waals surface area contributed by atoms with Gasteiger partial charge >= 0.3 is 0 Å². The second-order valence-corrected chi connectivity index (χ2v) is 3.80. The van der Waals surface area contributed by atoms with Crippen LogP contribution >= 0.6 is 22.5 Å². The molecule has 2 rings (SSSR count). The maximum Gasteiger partial charge on any atom is 0.0186 e. The van der Waals surface area contributed by atoms with Gasteiger partial charge in [0.15, 0.2) is 0 Å². The fraction of sp³-hybridized carbons (Fsp3) is 0. The molecule has 0 spiro atoms. The molecule has 0 heterocycles. The van der Waals surface area contributed by atoms with Gasteiger partial charge in [-0.15, -0.1) is 11.7 Å². The average molecular weight is 192 g/mol. The molecule has 0 atom stereocenters. The fourth-order valence-corrected chi connectivity index (χ4v) is 1.87. The van der Waals surface area contributed by atoms with Gasteiger partial charge in [-0.05, 0) is 22.9 Å². The first-order valence-corrected chi connectivity index (χ1v) is 5.57. The van der Waals surface area contributed by atoms with Crippen molar-refractivity contribution in [1.82, 2.24) is 0 Å². The van der Waals surface area contributed by atoms with Crippen molar-refractivity contribution in [3.05, 3.63) is 42.5 Å². The number of hydrogen-bond acceptors (Lipinski definition) is 2. The quantitative estimate of drug-likeness (QED) is 0.530. The normalized spacial score (nSPS) is 10.4. The number of thiol groups is 1. The van der Waals surface area contributed by atoms with E-state index in [0.29, 0.717) is 0 Å².